The van der Waals surface area contributed by atoms with Crippen molar-refractivity contribution in [1.82, 2.24) is 10.4 Å². The molecule has 0 amide bonds. The van der Waals surface area contributed by atoms with Gasteiger partial charge in [-0.1, -0.05) is 0 Å². The summed E-state index contributed by atoms with van der Waals surface area (Å²) in [5.41, 5.74) is 5.12. The Morgan fingerprint density at radius 2 is 2.53 bits per heavy atom. The van der Waals surface area contributed by atoms with Gasteiger partial charge in [0.05, 0.1) is 6.10 Å². The summed E-state index contributed by atoms with van der Waals surface area (Å²) in [6, 6.07) is 4.30. The molecule has 2 rings (SSSR count). The van der Waals surface area contributed by atoms with Crippen LogP contribution in [0.3, 0.4) is 0 Å². The summed E-state index contributed by atoms with van der Waals surface area (Å²) in [5, 5.41) is 0. The Bertz CT molecular complexity index is 350. The van der Waals surface area contributed by atoms with Crippen LogP contribution < -0.4 is 11.3 Å². The summed E-state index contributed by atoms with van der Waals surface area (Å²) >= 11 is 0. The molecule has 1 aromatic rings. The van der Waals surface area contributed by atoms with E-state index in [1.807, 2.05) is 19.2 Å². The minimum absolute atomic E-state index is 0.195. The van der Waals surface area contributed by atoms with Gasteiger partial charge in [0.1, 0.15) is 0 Å². The first-order valence-electron chi connectivity index (χ1n) is 6.30. The van der Waals surface area contributed by atoms with Gasteiger partial charge in [-0.25, -0.2) is 0 Å². The minimum Gasteiger partial charge on any atom is -0.378 e. The van der Waals surface area contributed by atoms with Crippen LogP contribution in [0.2, 0.25) is 0 Å². The fourth-order valence-electron chi connectivity index (χ4n) is 2.36. The van der Waals surface area contributed by atoms with Crippen molar-refractivity contribution < 1.29 is 4.74 Å². The first-order chi connectivity index (χ1) is 8.29. The Labute approximate surface area is 103 Å². The maximum Gasteiger partial charge on any atom is 0.0576 e. The lowest BCUT2D eigenvalue weighted by atomic mass is 10.00. The van der Waals surface area contributed by atoms with Crippen LogP contribution in [0.15, 0.2) is 18.3 Å². The SMILES string of the molecule is Cc1cc(C(CCC2CCCO2)NN)ccn1. The number of nitrogens with zero attached hydrogens (tertiary/aromatic N) is 1. The van der Waals surface area contributed by atoms with Crippen LogP contribution in [0.5, 0.6) is 0 Å². The number of ether oxygens (including phenoxy) is 1. The van der Waals surface area contributed by atoms with Crippen molar-refractivity contribution in [2.45, 2.75) is 44.8 Å². The highest BCUT2D eigenvalue weighted by molar-refractivity contribution is 5.19. The van der Waals surface area contributed by atoms with Gasteiger partial charge >= 0.3 is 0 Å². The molecule has 1 aliphatic rings. The maximum atomic E-state index is 5.63. The number of nitrogens with one attached hydrogen (secondary N) is 1. The summed E-state index contributed by atoms with van der Waals surface area (Å²) in [6.45, 7) is 2.91. The molecule has 2 atom stereocenters. The molecule has 1 aliphatic heterocycles. The highest BCUT2D eigenvalue weighted by Crippen LogP contribution is 2.23. The zero-order valence-corrected chi connectivity index (χ0v) is 10.4. The first-order valence-corrected chi connectivity index (χ1v) is 6.30. The zero-order chi connectivity index (χ0) is 12.1. The summed E-state index contributed by atoms with van der Waals surface area (Å²) in [7, 11) is 0. The quantitative estimate of drug-likeness (QED) is 0.604. The second-order valence-corrected chi connectivity index (χ2v) is 4.66. The van der Waals surface area contributed by atoms with E-state index in [1.54, 1.807) is 0 Å². The third kappa shape index (κ3) is 3.49. The van der Waals surface area contributed by atoms with Crippen LogP contribution >= 0.6 is 0 Å². The van der Waals surface area contributed by atoms with Crippen molar-refractivity contribution in [3.8, 4) is 0 Å². The van der Waals surface area contributed by atoms with Gasteiger partial charge in [0.2, 0.25) is 0 Å². The second kappa shape index (κ2) is 6.10. The summed E-state index contributed by atoms with van der Waals surface area (Å²) in [4.78, 5) is 4.20. The van der Waals surface area contributed by atoms with E-state index < -0.39 is 0 Å². The molecule has 0 spiro atoms. The van der Waals surface area contributed by atoms with Crippen LogP contribution in [0.1, 0.15) is 43.0 Å². The Morgan fingerprint density at radius 3 is 3.18 bits per heavy atom. The lowest BCUT2D eigenvalue weighted by molar-refractivity contribution is 0.0996. The molecule has 2 unspecified atom stereocenters. The molecule has 17 heavy (non-hydrogen) atoms. The highest BCUT2D eigenvalue weighted by Gasteiger charge is 2.18. The van der Waals surface area contributed by atoms with Crippen molar-refractivity contribution in [3.63, 3.8) is 0 Å². The minimum atomic E-state index is 0.195. The molecule has 0 saturated carbocycles. The molecule has 0 aliphatic carbocycles. The average Bonchev–Trinajstić information content (AvgIpc) is 2.83. The molecule has 0 bridgehead atoms. The van der Waals surface area contributed by atoms with E-state index in [2.05, 4.69) is 16.5 Å². The van der Waals surface area contributed by atoms with Gasteiger partial charge in [0, 0.05) is 24.5 Å². The van der Waals surface area contributed by atoms with Crippen molar-refractivity contribution in [1.29, 1.82) is 0 Å². The molecule has 1 fully saturated rings. The van der Waals surface area contributed by atoms with E-state index in [-0.39, 0.29) is 6.04 Å². The normalized spacial score (nSPS) is 21.6. The van der Waals surface area contributed by atoms with Crippen molar-refractivity contribution >= 4 is 0 Å². The largest absolute Gasteiger partial charge is 0.378 e. The van der Waals surface area contributed by atoms with E-state index in [9.17, 15) is 0 Å². The van der Waals surface area contributed by atoms with Gasteiger partial charge in [-0.3, -0.25) is 16.3 Å². The van der Waals surface area contributed by atoms with E-state index in [1.165, 1.54) is 18.4 Å². The van der Waals surface area contributed by atoms with Crippen molar-refractivity contribution in [3.05, 3.63) is 29.6 Å². The number of nitrogens with two attached hydrogens (primary N) is 1. The predicted molar refractivity (Wildman–Crippen MR) is 67.2 cm³/mol. The van der Waals surface area contributed by atoms with Gasteiger partial charge in [0.25, 0.3) is 0 Å². The van der Waals surface area contributed by atoms with Crippen LogP contribution in [0.25, 0.3) is 0 Å². The molecule has 0 aromatic carbocycles. The molecule has 4 nitrogen and oxygen atoms in total. The van der Waals surface area contributed by atoms with E-state index in [0.717, 1.165) is 25.1 Å². The number of aryl methyl sites for hydroxylation is 1. The molecule has 4 heteroatoms. The van der Waals surface area contributed by atoms with Gasteiger partial charge in [-0.05, 0) is 50.3 Å². The summed E-state index contributed by atoms with van der Waals surface area (Å²) < 4.78 is 5.63. The number of rotatable bonds is 5. The number of pyridine rings is 1. The molecule has 2 heterocycles. The standard InChI is InChI=1S/C13H21N3O/c1-10-9-11(6-7-15-10)13(16-14)5-4-12-3-2-8-17-12/h6-7,9,12-13,16H,2-5,8,14H2,1H3. The monoisotopic (exact) mass is 235 g/mol. The molecule has 1 aromatic heterocycles. The third-order valence-corrected chi connectivity index (χ3v) is 3.33. The average molecular weight is 235 g/mol. The van der Waals surface area contributed by atoms with Gasteiger partial charge in [-0.2, -0.15) is 0 Å². The molecular weight excluding hydrogens is 214 g/mol. The Balaban J connectivity index is 1.91. The lowest BCUT2D eigenvalue weighted by Crippen LogP contribution is -2.29. The first kappa shape index (κ1) is 12.5. The van der Waals surface area contributed by atoms with Gasteiger partial charge in [0.15, 0.2) is 0 Å². The Kier molecular flexibility index (Phi) is 4.48. The van der Waals surface area contributed by atoms with Crippen LogP contribution in [0, 0.1) is 6.92 Å². The topological polar surface area (TPSA) is 60.2 Å². The van der Waals surface area contributed by atoms with E-state index in [0.29, 0.717) is 6.10 Å². The smallest absolute Gasteiger partial charge is 0.0576 e. The van der Waals surface area contributed by atoms with Crippen molar-refractivity contribution in [2.24, 2.45) is 5.84 Å². The Hall–Kier alpha value is -0.970. The number of hydrogen-bond acceptors (Lipinski definition) is 4. The predicted octanol–water partition coefficient (Wildman–Crippen LogP) is 1.85. The molecule has 3 N–H and O–H groups in total. The fourth-order valence-corrected chi connectivity index (χ4v) is 2.36. The third-order valence-electron chi connectivity index (χ3n) is 3.33. The summed E-state index contributed by atoms with van der Waals surface area (Å²) in [6.07, 6.45) is 6.71. The molecular formula is C13H21N3O. The van der Waals surface area contributed by atoms with E-state index in [4.69, 9.17) is 10.6 Å². The molecule has 1 saturated heterocycles. The second-order valence-electron chi connectivity index (χ2n) is 4.66. The summed E-state index contributed by atoms with van der Waals surface area (Å²) in [5.74, 6) is 5.63. The molecule has 94 valence electrons. The van der Waals surface area contributed by atoms with Crippen LogP contribution in [-0.4, -0.2) is 17.7 Å². The van der Waals surface area contributed by atoms with Crippen LogP contribution in [0.4, 0.5) is 0 Å². The fraction of sp³-hybridized carbons (Fsp3) is 0.615. The van der Waals surface area contributed by atoms with Gasteiger partial charge < -0.3 is 4.74 Å². The number of hydrogen-bond donors (Lipinski definition) is 2. The molecule has 0 radical (unpaired) electrons. The maximum absolute atomic E-state index is 5.63. The van der Waals surface area contributed by atoms with Gasteiger partial charge in [-0.15, -0.1) is 0 Å². The Morgan fingerprint density at radius 1 is 1.65 bits per heavy atom. The highest BCUT2D eigenvalue weighted by atomic mass is 16.5. The van der Waals surface area contributed by atoms with Crippen LogP contribution in [-0.2, 0) is 4.74 Å². The zero-order valence-electron chi connectivity index (χ0n) is 10.4. The lowest BCUT2D eigenvalue weighted by Gasteiger charge is -2.18. The number of hydrazine groups is 1. The van der Waals surface area contributed by atoms with Crippen molar-refractivity contribution in [2.75, 3.05) is 6.61 Å². The van der Waals surface area contributed by atoms with E-state index >= 15 is 0 Å². The number of aromatic nitrogens is 1.